The van der Waals surface area contributed by atoms with Crippen LogP contribution in [0.25, 0.3) is 0 Å². The van der Waals surface area contributed by atoms with Crippen LogP contribution in [0, 0.1) is 6.92 Å². The van der Waals surface area contributed by atoms with Crippen LogP contribution >= 0.6 is 0 Å². The maximum atomic E-state index is 5.77. The highest BCUT2D eigenvalue weighted by molar-refractivity contribution is 5.47. The Balaban J connectivity index is 1.78. The number of aromatic nitrogens is 2. The monoisotopic (exact) mass is 273 g/mol. The largest absolute Gasteiger partial charge is 0.493 e. The predicted octanol–water partition coefficient (Wildman–Crippen LogP) is 3.44. The molecule has 0 saturated heterocycles. The average Bonchev–Trinajstić information content (AvgIpc) is 2.85. The first-order valence-electron chi connectivity index (χ1n) is 7.09. The van der Waals surface area contributed by atoms with Gasteiger partial charge < -0.3 is 15.5 Å². The Hall–Kier alpha value is -1.97. The number of aromatic amines is 1. The van der Waals surface area contributed by atoms with Crippen molar-refractivity contribution in [1.29, 1.82) is 0 Å². The van der Waals surface area contributed by atoms with E-state index >= 15 is 0 Å². The zero-order valence-corrected chi connectivity index (χ0v) is 12.4. The fourth-order valence-electron chi connectivity index (χ4n) is 2.07. The summed E-state index contributed by atoms with van der Waals surface area (Å²) in [6.07, 6.45) is 3.87. The minimum atomic E-state index is 0.442. The molecule has 0 atom stereocenters. The van der Waals surface area contributed by atoms with Crippen LogP contribution in [0.2, 0.25) is 0 Å². The number of ether oxygens (including phenoxy) is 1. The molecule has 4 nitrogen and oxygen atoms in total. The van der Waals surface area contributed by atoms with E-state index in [9.17, 15) is 0 Å². The van der Waals surface area contributed by atoms with Crippen LogP contribution < -0.4 is 10.5 Å². The van der Waals surface area contributed by atoms with Gasteiger partial charge in [-0.25, -0.2) is 4.98 Å². The minimum absolute atomic E-state index is 0.442. The first-order chi connectivity index (χ1) is 9.56. The number of H-pyrrole nitrogens is 1. The van der Waals surface area contributed by atoms with Crippen molar-refractivity contribution in [2.75, 3.05) is 12.3 Å². The van der Waals surface area contributed by atoms with Crippen molar-refractivity contribution in [3.05, 3.63) is 41.5 Å². The van der Waals surface area contributed by atoms with Crippen LogP contribution in [-0.4, -0.2) is 16.6 Å². The zero-order chi connectivity index (χ0) is 14.5. The van der Waals surface area contributed by atoms with Crippen LogP contribution in [-0.2, 0) is 6.42 Å². The predicted molar refractivity (Wildman–Crippen MR) is 82.1 cm³/mol. The molecule has 0 spiro atoms. The van der Waals surface area contributed by atoms with E-state index in [0.29, 0.717) is 12.5 Å². The number of benzene rings is 1. The van der Waals surface area contributed by atoms with Gasteiger partial charge in [-0.15, -0.1) is 0 Å². The molecule has 2 rings (SSSR count). The van der Waals surface area contributed by atoms with E-state index in [1.54, 1.807) is 0 Å². The molecule has 0 bridgehead atoms. The molecular weight excluding hydrogens is 250 g/mol. The summed E-state index contributed by atoms with van der Waals surface area (Å²) in [4.78, 5) is 7.77. The summed E-state index contributed by atoms with van der Waals surface area (Å²) in [6.45, 7) is 6.97. The van der Waals surface area contributed by atoms with Crippen molar-refractivity contribution < 1.29 is 4.74 Å². The van der Waals surface area contributed by atoms with E-state index in [4.69, 9.17) is 10.5 Å². The molecule has 0 amide bonds. The second-order valence-electron chi connectivity index (χ2n) is 5.41. The molecule has 0 saturated carbocycles. The maximum Gasteiger partial charge on any atom is 0.122 e. The SMILES string of the molecule is Cc1cc(N)ccc1OCCCc1c[nH]c(C(C)C)n1. The van der Waals surface area contributed by atoms with Crippen LogP contribution in [0.15, 0.2) is 24.4 Å². The van der Waals surface area contributed by atoms with E-state index in [0.717, 1.165) is 41.4 Å². The average molecular weight is 273 g/mol. The molecule has 0 unspecified atom stereocenters. The number of nitrogens with one attached hydrogen (secondary N) is 1. The Kier molecular flexibility index (Phi) is 4.66. The summed E-state index contributed by atoms with van der Waals surface area (Å²) in [5.41, 5.74) is 8.67. The quantitative estimate of drug-likeness (QED) is 0.626. The molecule has 0 aliphatic rings. The number of nitrogens with two attached hydrogens (primary N) is 1. The second-order valence-corrected chi connectivity index (χ2v) is 5.41. The van der Waals surface area contributed by atoms with Gasteiger partial charge in [-0.05, 0) is 43.5 Å². The van der Waals surface area contributed by atoms with Crippen molar-refractivity contribution >= 4 is 5.69 Å². The molecule has 108 valence electrons. The lowest BCUT2D eigenvalue weighted by atomic mass is 10.2. The molecule has 3 N–H and O–H groups in total. The first-order valence-corrected chi connectivity index (χ1v) is 7.09. The summed E-state index contributed by atoms with van der Waals surface area (Å²) in [5.74, 6) is 2.40. The number of imidazole rings is 1. The molecule has 20 heavy (non-hydrogen) atoms. The van der Waals surface area contributed by atoms with E-state index in [2.05, 4.69) is 23.8 Å². The summed E-state index contributed by atoms with van der Waals surface area (Å²) in [7, 11) is 0. The van der Waals surface area contributed by atoms with Gasteiger partial charge in [0.15, 0.2) is 0 Å². The van der Waals surface area contributed by atoms with Gasteiger partial charge in [0.25, 0.3) is 0 Å². The van der Waals surface area contributed by atoms with Crippen LogP contribution in [0.3, 0.4) is 0 Å². The lowest BCUT2D eigenvalue weighted by Crippen LogP contribution is -2.01. The normalized spacial score (nSPS) is 11.0. The topological polar surface area (TPSA) is 63.9 Å². The molecule has 1 heterocycles. The van der Waals surface area contributed by atoms with Gasteiger partial charge in [-0.3, -0.25) is 0 Å². The number of hydrogen-bond donors (Lipinski definition) is 2. The summed E-state index contributed by atoms with van der Waals surface area (Å²) < 4.78 is 5.77. The van der Waals surface area contributed by atoms with E-state index in [1.165, 1.54) is 0 Å². The van der Waals surface area contributed by atoms with Crippen molar-refractivity contribution in [2.24, 2.45) is 0 Å². The third kappa shape index (κ3) is 3.76. The summed E-state index contributed by atoms with van der Waals surface area (Å²) in [5, 5.41) is 0. The second kappa shape index (κ2) is 6.46. The molecule has 4 heteroatoms. The van der Waals surface area contributed by atoms with Crippen molar-refractivity contribution in [3.8, 4) is 5.75 Å². The number of hydrogen-bond acceptors (Lipinski definition) is 3. The number of aryl methyl sites for hydroxylation is 2. The van der Waals surface area contributed by atoms with E-state index in [-0.39, 0.29) is 0 Å². The van der Waals surface area contributed by atoms with Crippen molar-refractivity contribution in [2.45, 2.75) is 39.5 Å². The Bertz CT molecular complexity index is 561. The van der Waals surface area contributed by atoms with Crippen LogP contribution in [0.5, 0.6) is 5.75 Å². The van der Waals surface area contributed by atoms with Gasteiger partial charge in [-0.1, -0.05) is 13.8 Å². The fourth-order valence-corrected chi connectivity index (χ4v) is 2.07. The minimum Gasteiger partial charge on any atom is -0.493 e. The Morgan fingerprint density at radius 1 is 1.35 bits per heavy atom. The number of nitrogens with zero attached hydrogens (tertiary/aromatic N) is 1. The highest BCUT2D eigenvalue weighted by Gasteiger charge is 2.05. The van der Waals surface area contributed by atoms with Gasteiger partial charge in [0.1, 0.15) is 11.6 Å². The smallest absolute Gasteiger partial charge is 0.122 e. The highest BCUT2D eigenvalue weighted by atomic mass is 16.5. The molecule has 0 aliphatic heterocycles. The third-order valence-corrected chi connectivity index (χ3v) is 3.23. The van der Waals surface area contributed by atoms with Gasteiger partial charge >= 0.3 is 0 Å². The summed E-state index contributed by atoms with van der Waals surface area (Å²) in [6, 6.07) is 5.72. The molecular formula is C16H23N3O. The number of nitrogen functional groups attached to an aromatic ring is 1. The Labute approximate surface area is 120 Å². The lowest BCUT2D eigenvalue weighted by molar-refractivity contribution is 0.308. The Morgan fingerprint density at radius 3 is 2.80 bits per heavy atom. The number of anilines is 1. The fraction of sp³-hybridized carbons (Fsp3) is 0.438. The zero-order valence-electron chi connectivity index (χ0n) is 12.4. The third-order valence-electron chi connectivity index (χ3n) is 3.23. The van der Waals surface area contributed by atoms with Crippen LogP contribution in [0.1, 0.15) is 43.3 Å². The van der Waals surface area contributed by atoms with Crippen molar-refractivity contribution in [3.63, 3.8) is 0 Å². The van der Waals surface area contributed by atoms with E-state index < -0.39 is 0 Å². The van der Waals surface area contributed by atoms with Gasteiger partial charge in [0.05, 0.1) is 12.3 Å². The maximum absolute atomic E-state index is 5.77. The first kappa shape index (κ1) is 14.4. The highest BCUT2D eigenvalue weighted by Crippen LogP contribution is 2.20. The van der Waals surface area contributed by atoms with Gasteiger partial charge in [0.2, 0.25) is 0 Å². The molecule has 0 radical (unpaired) electrons. The molecule has 2 aromatic rings. The summed E-state index contributed by atoms with van der Waals surface area (Å²) >= 11 is 0. The molecule has 0 aliphatic carbocycles. The number of rotatable bonds is 6. The van der Waals surface area contributed by atoms with E-state index in [1.807, 2.05) is 31.3 Å². The van der Waals surface area contributed by atoms with Crippen LogP contribution in [0.4, 0.5) is 5.69 Å². The van der Waals surface area contributed by atoms with Gasteiger partial charge in [0, 0.05) is 17.8 Å². The van der Waals surface area contributed by atoms with Gasteiger partial charge in [-0.2, -0.15) is 0 Å². The Morgan fingerprint density at radius 2 is 2.15 bits per heavy atom. The van der Waals surface area contributed by atoms with Crippen molar-refractivity contribution in [1.82, 2.24) is 9.97 Å². The standard InChI is InChI=1S/C16H23N3O/c1-11(2)16-18-10-14(19-16)5-4-8-20-15-7-6-13(17)9-12(15)3/h6-7,9-11H,4-5,8,17H2,1-3H3,(H,18,19). The lowest BCUT2D eigenvalue weighted by Gasteiger charge is -2.09. The molecule has 1 aromatic heterocycles. The molecule has 0 fully saturated rings. The molecule has 1 aromatic carbocycles.